The second kappa shape index (κ2) is 9.75. The van der Waals surface area contributed by atoms with Gasteiger partial charge >= 0.3 is 0 Å². The van der Waals surface area contributed by atoms with E-state index >= 15 is 0 Å². The standard InChI is InChI=1S/C26H32N6O/c27-16-18-8-10-20-22(13-18)31-24(29-20)15-25-30-21-11-9-19(14-23(21)32-25)26(33)28-12-4-7-17-5-2-1-3-6-17/h8-11,13-14,17H,1-7,12,15-16,27H2,(H,28,33)(H,29,31)(H,30,32). The van der Waals surface area contributed by atoms with Crippen LogP contribution in [0.5, 0.6) is 0 Å². The second-order valence-corrected chi connectivity index (χ2v) is 9.23. The summed E-state index contributed by atoms with van der Waals surface area (Å²) in [5.74, 6) is 2.48. The minimum Gasteiger partial charge on any atom is -0.352 e. The normalized spacial score (nSPS) is 14.8. The number of carbonyl (C=O) groups is 1. The average molecular weight is 445 g/mol. The van der Waals surface area contributed by atoms with Crippen LogP contribution in [0.4, 0.5) is 0 Å². The molecular weight excluding hydrogens is 412 g/mol. The van der Waals surface area contributed by atoms with E-state index in [2.05, 4.69) is 20.3 Å². The number of H-pyrrole nitrogens is 2. The largest absolute Gasteiger partial charge is 0.352 e. The summed E-state index contributed by atoms with van der Waals surface area (Å²) >= 11 is 0. The molecule has 1 saturated carbocycles. The Balaban J connectivity index is 1.20. The van der Waals surface area contributed by atoms with Gasteiger partial charge in [-0.1, -0.05) is 38.2 Å². The van der Waals surface area contributed by atoms with E-state index in [4.69, 9.17) is 10.7 Å². The molecule has 5 N–H and O–H groups in total. The lowest BCUT2D eigenvalue weighted by atomic mass is 9.86. The number of nitrogens with one attached hydrogen (secondary N) is 3. The highest BCUT2D eigenvalue weighted by Crippen LogP contribution is 2.27. The number of aromatic amines is 2. The summed E-state index contributed by atoms with van der Waals surface area (Å²) in [5, 5.41) is 3.07. The highest BCUT2D eigenvalue weighted by Gasteiger charge is 2.14. The molecule has 2 heterocycles. The van der Waals surface area contributed by atoms with Gasteiger partial charge in [-0.25, -0.2) is 9.97 Å². The van der Waals surface area contributed by atoms with Gasteiger partial charge in [0.05, 0.1) is 28.5 Å². The number of aromatic nitrogens is 4. The zero-order valence-electron chi connectivity index (χ0n) is 19.0. The van der Waals surface area contributed by atoms with E-state index in [1.54, 1.807) is 0 Å². The van der Waals surface area contributed by atoms with Crippen LogP contribution in [0.1, 0.15) is 72.5 Å². The lowest BCUT2D eigenvalue weighted by Gasteiger charge is -2.21. The summed E-state index contributed by atoms with van der Waals surface area (Å²) in [6, 6.07) is 11.7. The predicted octanol–water partition coefficient (Wildman–Crippen LogP) is 4.58. The number of amides is 1. The van der Waals surface area contributed by atoms with Gasteiger partial charge in [0.15, 0.2) is 0 Å². The Labute approximate surface area is 193 Å². The van der Waals surface area contributed by atoms with Crippen molar-refractivity contribution in [3.63, 3.8) is 0 Å². The van der Waals surface area contributed by atoms with Crippen molar-refractivity contribution >= 4 is 28.0 Å². The number of carbonyl (C=O) groups excluding carboxylic acids is 1. The molecule has 2 aromatic carbocycles. The van der Waals surface area contributed by atoms with Crippen LogP contribution in [0.2, 0.25) is 0 Å². The lowest BCUT2D eigenvalue weighted by Crippen LogP contribution is -2.25. The monoisotopic (exact) mass is 444 g/mol. The van der Waals surface area contributed by atoms with Crippen molar-refractivity contribution in [3.05, 3.63) is 59.2 Å². The Morgan fingerprint density at radius 2 is 1.67 bits per heavy atom. The van der Waals surface area contributed by atoms with Crippen molar-refractivity contribution in [1.29, 1.82) is 0 Å². The Morgan fingerprint density at radius 3 is 2.39 bits per heavy atom. The first-order valence-corrected chi connectivity index (χ1v) is 12.1. The predicted molar refractivity (Wildman–Crippen MR) is 131 cm³/mol. The van der Waals surface area contributed by atoms with Crippen LogP contribution in [-0.4, -0.2) is 32.4 Å². The summed E-state index contributed by atoms with van der Waals surface area (Å²) in [5.41, 5.74) is 11.0. The van der Waals surface area contributed by atoms with E-state index in [1.165, 1.54) is 38.5 Å². The zero-order chi connectivity index (χ0) is 22.6. The number of imidazole rings is 2. The summed E-state index contributed by atoms with van der Waals surface area (Å²) in [6.45, 7) is 1.23. The highest BCUT2D eigenvalue weighted by atomic mass is 16.1. The maximum atomic E-state index is 12.6. The van der Waals surface area contributed by atoms with E-state index in [1.807, 2.05) is 36.4 Å². The van der Waals surface area contributed by atoms with Gasteiger partial charge in [0.25, 0.3) is 5.91 Å². The van der Waals surface area contributed by atoms with Crippen LogP contribution in [0, 0.1) is 5.92 Å². The maximum absolute atomic E-state index is 12.6. The number of hydrogen-bond acceptors (Lipinski definition) is 4. The number of fused-ring (bicyclic) bond motifs is 2. The molecule has 1 aliphatic carbocycles. The highest BCUT2D eigenvalue weighted by molar-refractivity contribution is 5.97. The molecule has 1 fully saturated rings. The van der Waals surface area contributed by atoms with Crippen LogP contribution in [0.15, 0.2) is 36.4 Å². The maximum Gasteiger partial charge on any atom is 0.251 e. The zero-order valence-corrected chi connectivity index (χ0v) is 19.0. The van der Waals surface area contributed by atoms with Crippen molar-refractivity contribution in [2.45, 2.75) is 57.9 Å². The molecule has 1 aliphatic rings. The Kier molecular flexibility index (Phi) is 6.39. The molecule has 0 spiro atoms. The summed E-state index contributed by atoms with van der Waals surface area (Å²) in [6.07, 6.45) is 9.67. The minimum atomic E-state index is -0.0295. The van der Waals surface area contributed by atoms with Gasteiger partial charge < -0.3 is 21.0 Å². The third-order valence-electron chi connectivity index (χ3n) is 6.76. The first-order chi connectivity index (χ1) is 16.2. The summed E-state index contributed by atoms with van der Waals surface area (Å²) in [4.78, 5) is 28.7. The molecule has 0 saturated heterocycles. The van der Waals surface area contributed by atoms with E-state index in [0.29, 0.717) is 18.5 Å². The fraction of sp³-hybridized carbons (Fsp3) is 0.423. The molecule has 33 heavy (non-hydrogen) atoms. The minimum absolute atomic E-state index is 0.0295. The van der Waals surface area contributed by atoms with Gasteiger partial charge in [0.2, 0.25) is 0 Å². The van der Waals surface area contributed by atoms with Gasteiger partial charge in [0.1, 0.15) is 11.6 Å². The van der Waals surface area contributed by atoms with Gasteiger partial charge in [-0.15, -0.1) is 0 Å². The van der Waals surface area contributed by atoms with Gasteiger partial charge in [-0.2, -0.15) is 0 Å². The van der Waals surface area contributed by atoms with Crippen molar-refractivity contribution in [2.24, 2.45) is 11.7 Å². The van der Waals surface area contributed by atoms with Gasteiger partial charge in [-0.05, 0) is 54.7 Å². The quantitative estimate of drug-likeness (QED) is 0.298. The third-order valence-corrected chi connectivity index (χ3v) is 6.76. The van der Waals surface area contributed by atoms with Crippen LogP contribution in [-0.2, 0) is 13.0 Å². The van der Waals surface area contributed by atoms with Crippen LogP contribution in [0.25, 0.3) is 22.1 Å². The lowest BCUT2D eigenvalue weighted by molar-refractivity contribution is 0.0952. The van der Waals surface area contributed by atoms with Gasteiger partial charge in [-0.3, -0.25) is 4.79 Å². The molecule has 5 rings (SSSR count). The topological polar surface area (TPSA) is 112 Å². The molecule has 0 radical (unpaired) electrons. The fourth-order valence-electron chi connectivity index (χ4n) is 4.93. The van der Waals surface area contributed by atoms with E-state index in [0.717, 1.165) is 58.2 Å². The fourth-order valence-corrected chi connectivity index (χ4v) is 4.93. The van der Waals surface area contributed by atoms with Crippen LogP contribution in [0.3, 0.4) is 0 Å². The SMILES string of the molecule is NCc1ccc2[nH]c(Cc3nc4cc(C(=O)NCCCC5CCCCC5)ccc4[nH]3)nc2c1. The molecule has 7 heteroatoms. The molecule has 1 amide bonds. The summed E-state index contributed by atoms with van der Waals surface area (Å²) in [7, 11) is 0. The Morgan fingerprint density at radius 1 is 0.970 bits per heavy atom. The molecule has 0 aliphatic heterocycles. The van der Waals surface area contributed by atoms with E-state index < -0.39 is 0 Å². The van der Waals surface area contributed by atoms with Crippen molar-refractivity contribution in [3.8, 4) is 0 Å². The Hall–Kier alpha value is -3.19. The average Bonchev–Trinajstić information content (AvgIpc) is 3.44. The molecular formula is C26H32N6O. The second-order valence-electron chi connectivity index (χ2n) is 9.23. The molecule has 0 bridgehead atoms. The Bertz CT molecular complexity index is 1250. The number of benzene rings is 2. The first-order valence-electron chi connectivity index (χ1n) is 12.1. The summed E-state index contributed by atoms with van der Waals surface area (Å²) < 4.78 is 0. The number of nitrogens with two attached hydrogens (primary N) is 1. The van der Waals surface area contributed by atoms with Gasteiger partial charge in [0, 0.05) is 18.7 Å². The smallest absolute Gasteiger partial charge is 0.251 e. The molecule has 0 unspecified atom stereocenters. The molecule has 2 aromatic heterocycles. The van der Waals surface area contributed by atoms with Crippen molar-refractivity contribution < 1.29 is 4.79 Å². The van der Waals surface area contributed by atoms with Crippen LogP contribution >= 0.6 is 0 Å². The van der Waals surface area contributed by atoms with Crippen LogP contribution < -0.4 is 11.1 Å². The molecule has 7 nitrogen and oxygen atoms in total. The molecule has 172 valence electrons. The van der Waals surface area contributed by atoms with E-state index in [-0.39, 0.29) is 5.91 Å². The first kappa shape index (κ1) is 21.6. The third kappa shape index (κ3) is 5.09. The van der Waals surface area contributed by atoms with Crippen molar-refractivity contribution in [1.82, 2.24) is 25.3 Å². The number of hydrogen-bond donors (Lipinski definition) is 4. The number of nitrogens with zero attached hydrogens (tertiary/aromatic N) is 2. The molecule has 0 atom stereocenters. The molecule has 4 aromatic rings. The van der Waals surface area contributed by atoms with E-state index in [9.17, 15) is 4.79 Å². The number of rotatable bonds is 8. The van der Waals surface area contributed by atoms with Crippen molar-refractivity contribution in [2.75, 3.05) is 6.54 Å².